The van der Waals surface area contributed by atoms with Gasteiger partial charge in [-0.3, -0.25) is 4.79 Å². The number of aromatic amines is 1. The molecule has 0 fully saturated rings. The Bertz CT molecular complexity index is 448. The Balaban J connectivity index is 2.63. The third-order valence-electron chi connectivity index (χ3n) is 2.92. The number of aromatic nitrogens is 1. The van der Waals surface area contributed by atoms with Crippen LogP contribution in [0.1, 0.15) is 47.1 Å². The molecule has 1 rings (SSSR count). The molecule has 100 valence electrons. The zero-order valence-electron chi connectivity index (χ0n) is 11.0. The second kappa shape index (κ2) is 6.23. The van der Waals surface area contributed by atoms with Crippen LogP contribution in [0.3, 0.4) is 0 Å². The van der Waals surface area contributed by atoms with Gasteiger partial charge in [0.1, 0.15) is 5.69 Å². The molecule has 0 aromatic carbocycles. The predicted molar refractivity (Wildman–Crippen MR) is 66.8 cm³/mol. The van der Waals surface area contributed by atoms with Gasteiger partial charge in [0.05, 0.1) is 6.61 Å². The minimum Gasteiger partial charge on any atom is -0.477 e. The number of nitrogens with one attached hydrogen (secondary N) is 1. The molecule has 1 heterocycles. The van der Waals surface area contributed by atoms with Gasteiger partial charge in [-0.05, 0) is 44.7 Å². The number of hydrogen-bond acceptors (Lipinski definition) is 3. The fraction of sp³-hybridized carbons (Fsp3) is 0.538. The van der Waals surface area contributed by atoms with Gasteiger partial charge in [0.25, 0.3) is 0 Å². The second-order valence-electron chi connectivity index (χ2n) is 4.19. The minimum absolute atomic E-state index is 0.207. The van der Waals surface area contributed by atoms with E-state index in [1.807, 2.05) is 6.92 Å². The van der Waals surface area contributed by atoms with E-state index in [9.17, 15) is 9.59 Å². The van der Waals surface area contributed by atoms with Crippen molar-refractivity contribution in [1.29, 1.82) is 0 Å². The second-order valence-corrected chi connectivity index (χ2v) is 4.19. The maximum atomic E-state index is 11.2. The lowest BCUT2D eigenvalue weighted by atomic mass is 10.0. The summed E-state index contributed by atoms with van der Waals surface area (Å²) in [5, 5.41) is 8.98. The molecule has 0 radical (unpaired) electrons. The number of carboxylic acid groups (broad SMARTS) is 1. The first-order valence-electron chi connectivity index (χ1n) is 6.04. The van der Waals surface area contributed by atoms with Crippen molar-refractivity contribution >= 4 is 11.9 Å². The SMILES string of the molecule is CCOC(=O)CCCc1c(C)[nH]c(C(=O)O)c1C. The van der Waals surface area contributed by atoms with Crippen LogP contribution in [0.4, 0.5) is 0 Å². The van der Waals surface area contributed by atoms with Gasteiger partial charge in [-0.25, -0.2) is 4.79 Å². The highest BCUT2D eigenvalue weighted by atomic mass is 16.5. The van der Waals surface area contributed by atoms with Gasteiger partial charge >= 0.3 is 11.9 Å². The number of carbonyl (C=O) groups excluding carboxylic acids is 1. The van der Waals surface area contributed by atoms with Crippen LogP contribution in [0.25, 0.3) is 0 Å². The molecule has 0 aliphatic heterocycles. The summed E-state index contributed by atoms with van der Waals surface area (Å²) in [5.41, 5.74) is 2.83. The first kappa shape index (κ1) is 14.3. The molecular weight excluding hydrogens is 234 g/mol. The van der Waals surface area contributed by atoms with Gasteiger partial charge < -0.3 is 14.8 Å². The summed E-state index contributed by atoms with van der Waals surface area (Å²) in [5.74, 6) is -1.16. The number of ether oxygens (including phenoxy) is 1. The van der Waals surface area contributed by atoms with E-state index in [0.717, 1.165) is 16.8 Å². The van der Waals surface area contributed by atoms with Gasteiger partial charge in [0.2, 0.25) is 0 Å². The van der Waals surface area contributed by atoms with Crippen molar-refractivity contribution in [3.63, 3.8) is 0 Å². The lowest BCUT2D eigenvalue weighted by Crippen LogP contribution is -2.04. The molecule has 0 atom stereocenters. The van der Waals surface area contributed by atoms with Crippen LogP contribution in [0.15, 0.2) is 0 Å². The molecule has 18 heavy (non-hydrogen) atoms. The van der Waals surface area contributed by atoms with E-state index in [2.05, 4.69) is 4.98 Å². The fourth-order valence-corrected chi connectivity index (χ4v) is 2.02. The average molecular weight is 253 g/mol. The van der Waals surface area contributed by atoms with Gasteiger partial charge in [0.15, 0.2) is 0 Å². The van der Waals surface area contributed by atoms with E-state index in [-0.39, 0.29) is 11.7 Å². The van der Waals surface area contributed by atoms with Crippen molar-refractivity contribution in [2.24, 2.45) is 0 Å². The highest BCUT2D eigenvalue weighted by Crippen LogP contribution is 2.20. The van der Waals surface area contributed by atoms with Gasteiger partial charge in [-0.2, -0.15) is 0 Å². The molecule has 5 nitrogen and oxygen atoms in total. The summed E-state index contributed by atoms with van der Waals surface area (Å²) in [7, 11) is 0. The Hall–Kier alpha value is -1.78. The standard InChI is InChI=1S/C13H19NO4/c1-4-18-11(15)7-5-6-10-8(2)12(13(16)17)14-9(10)3/h14H,4-7H2,1-3H3,(H,16,17). The number of aromatic carboxylic acids is 1. The highest BCUT2D eigenvalue weighted by Gasteiger charge is 2.16. The third kappa shape index (κ3) is 3.35. The zero-order chi connectivity index (χ0) is 13.7. The monoisotopic (exact) mass is 253 g/mol. The van der Waals surface area contributed by atoms with E-state index in [0.29, 0.717) is 25.9 Å². The first-order valence-corrected chi connectivity index (χ1v) is 6.04. The Labute approximate surface area is 106 Å². The molecule has 0 spiro atoms. The number of esters is 1. The summed E-state index contributed by atoms with van der Waals surface area (Å²) < 4.78 is 4.84. The molecule has 0 aliphatic rings. The van der Waals surface area contributed by atoms with Gasteiger partial charge in [-0.1, -0.05) is 0 Å². The number of H-pyrrole nitrogens is 1. The summed E-state index contributed by atoms with van der Waals surface area (Å²) in [6.45, 7) is 5.80. The molecule has 0 unspecified atom stereocenters. The summed E-state index contributed by atoms with van der Waals surface area (Å²) in [6, 6.07) is 0. The van der Waals surface area contributed by atoms with E-state index in [1.54, 1.807) is 13.8 Å². The van der Waals surface area contributed by atoms with Crippen molar-refractivity contribution in [3.8, 4) is 0 Å². The normalized spacial score (nSPS) is 10.4. The third-order valence-corrected chi connectivity index (χ3v) is 2.92. The Morgan fingerprint density at radius 2 is 2.00 bits per heavy atom. The van der Waals surface area contributed by atoms with Crippen LogP contribution in [0, 0.1) is 13.8 Å². The fourth-order valence-electron chi connectivity index (χ4n) is 2.02. The van der Waals surface area contributed by atoms with Crippen LogP contribution in [-0.4, -0.2) is 28.6 Å². The van der Waals surface area contributed by atoms with E-state index < -0.39 is 5.97 Å². The number of rotatable bonds is 6. The zero-order valence-corrected chi connectivity index (χ0v) is 11.0. The quantitative estimate of drug-likeness (QED) is 0.762. The lowest BCUT2D eigenvalue weighted by molar-refractivity contribution is -0.143. The van der Waals surface area contributed by atoms with Crippen molar-refractivity contribution < 1.29 is 19.4 Å². The van der Waals surface area contributed by atoms with Crippen LogP contribution < -0.4 is 0 Å². The number of carbonyl (C=O) groups is 2. The Morgan fingerprint density at radius 1 is 1.33 bits per heavy atom. The van der Waals surface area contributed by atoms with Crippen molar-refractivity contribution in [2.75, 3.05) is 6.61 Å². The van der Waals surface area contributed by atoms with E-state index in [4.69, 9.17) is 9.84 Å². The molecule has 0 amide bonds. The molecule has 5 heteroatoms. The van der Waals surface area contributed by atoms with E-state index in [1.165, 1.54) is 0 Å². The van der Waals surface area contributed by atoms with Crippen LogP contribution >= 0.6 is 0 Å². The van der Waals surface area contributed by atoms with E-state index >= 15 is 0 Å². The van der Waals surface area contributed by atoms with Crippen LogP contribution in [0.5, 0.6) is 0 Å². The molecule has 2 N–H and O–H groups in total. The summed E-state index contributed by atoms with van der Waals surface area (Å²) in [4.78, 5) is 25.0. The van der Waals surface area contributed by atoms with Gasteiger partial charge in [0, 0.05) is 12.1 Å². The summed E-state index contributed by atoms with van der Waals surface area (Å²) >= 11 is 0. The summed E-state index contributed by atoms with van der Waals surface area (Å²) in [6.07, 6.45) is 1.71. The van der Waals surface area contributed by atoms with Crippen LogP contribution in [-0.2, 0) is 16.0 Å². The maximum absolute atomic E-state index is 11.2. The van der Waals surface area contributed by atoms with Crippen molar-refractivity contribution in [2.45, 2.75) is 40.0 Å². The minimum atomic E-state index is -0.952. The molecule has 1 aromatic heterocycles. The molecule has 1 aromatic rings. The topological polar surface area (TPSA) is 79.4 Å². The number of aryl methyl sites for hydroxylation is 1. The number of hydrogen-bond donors (Lipinski definition) is 2. The molecule has 0 bridgehead atoms. The molecule has 0 aliphatic carbocycles. The predicted octanol–water partition coefficient (Wildman–Crippen LogP) is 2.22. The highest BCUT2D eigenvalue weighted by molar-refractivity contribution is 5.88. The smallest absolute Gasteiger partial charge is 0.352 e. The lowest BCUT2D eigenvalue weighted by Gasteiger charge is -2.03. The first-order chi connectivity index (χ1) is 8.47. The maximum Gasteiger partial charge on any atom is 0.352 e. The largest absolute Gasteiger partial charge is 0.477 e. The average Bonchev–Trinajstić information content (AvgIpc) is 2.57. The Kier molecular flexibility index (Phi) is 4.95. The molecular formula is C13H19NO4. The molecule has 0 saturated carbocycles. The number of carboxylic acids is 1. The Morgan fingerprint density at radius 3 is 2.50 bits per heavy atom. The van der Waals surface area contributed by atoms with Crippen LogP contribution in [0.2, 0.25) is 0 Å². The van der Waals surface area contributed by atoms with Crippen molar-refractivity contribution in [3.05, 3.63) is 22.5 Å². The van der Waals surface area contributed by atoms with Gasteiger partial charge in [-0.15, -0.1) is 0 Å². The molecule has 0 saturated heterocycles. The van der Waals surface area contributed by atoms with Crippen molar-refractivity contribution in [1.82, 2.24) is 4.98 Å².